The molecule has 98 valence electrons. The summed E-state index contributed by atoms with van der Waals surface area (Å²) in [5, 5.41) is 3.52. The minimum Gasteiger partial charge on any atom is -0.397 e. The van der Waals surface area contributed by atoms with Crippen LogP contribution in [0, 0.1) is 6.92 Å². The second kappa shape index (κ2) is 4.92. The molecule has 2 aromatic rings. The molecule has 1 aliphatic rings. The van der Waals surface area contributed by atoms with E-state index in [0.717, 1.165) is 36.3 Å². The van der Waals surface area contributed by atoms with Crippen LogP contribution in [0.5, 0.6) is 0 Å². The van der Waals surface area contributed by atoms with Crippen LogP contribution >= 0.6 is 0 Å². The zero-order valence-corrected chi connectivity index (χ0v) is 11.2. The molecule has 1 unspecified atom stereocenters. The molecule has 0 saturated heterocycles. The largest absolute Gasteiger partial charge is 0.397 e. The van der Waals surface area contributed by atoms with Crippen LogP contribution < -0.4 is 11.1 Å². The molecule has 0 radical (unpaired) electrons. The number of aromatic nitrogens is 1. The Morgan fingerprint density at radius 1 is 1.26 bits per heavy atom. The Morgan fingerprint density at radius 3 is 2.84 bits per heavy atom. The first-order chi connectivity index (χ1) is 9.22. The Bertz CT molecular complexity index is 592. The standard InChI is InChI=1S/C16H19N3/c1-11-8-16(18-10-15(11)17)19-14-7-6-12-4-2-3-5-13(12)9-14/h2-5,8,10,14H,6-7,9,17H2,1H3,(H,18,19). The molecule has 3 rings (SSSR count). The molecule has 1 aromatic carbocycles. The van der Waals surface area contributed by atoms with Crippen LogP contribution in [0.3, 0.4) is 0 Å². The molecular formula is C16H19N3. The maximum atomic E-state index is 5.79. The SMILES string of the molecule is Cc1cc(NC2CCc3ccccc3C2)ncc1N. The quantitative estimate of drug-likeness (QED) is 0.865. The number of anilines is 2. The first-order valence-electron chi connectivity index (χ1n) is 6.78. The molecule has 3 N–H and O–H groups in total. The van der Waals surface area contributed by atoms with E-state index in [0.29, 0.717) is 6.04 Å². The third-order valence-corrected chi connectivity index (χ3v) is 3.85. The number of nitrogen functional groups attached to an aromatic ring is 1. The number of rotatable bonds is 2. The molecule has 1 aliphatic carbocycles. The van der Waals surface area contributed by atoms with Gasteiger partial charge in [0.15, 0.2) is 0 Å². The number of fused-ring (bicyclic) bond motifs is 1. The van der Waals surface area contributed by atoms with E-state index in [1.165, 1.54) is 11.1 Å². The minimum absolute atomic E-state index is 0.463. The second-order valence-corrected chi connectivity index (χ2v) is 5.28. The molecule has 19 heavy (non-hydrogen) atoms. The molecule has 0 saturated carbocycles. The van der Waals surface area contributed by atoms with Crippen molar-refractivity contribution in [3.8, 4) is 0 Å². The zero-order valence-electron chi connectivity index (χ0n) is 11.2. The molecule has 3 nitrogen and oxygen atoms in total. The summed E-state index contributed by atoms with van der Waals surface area (Å²) in [4.78, 5) is 4.35. The van der Waals surface area contributed by atoms with Crippen LogP contribution in [0.25, 0.3) is 0 Å². The van der Waals surface area contributed by atoms with Crippen molar-refractivity contribution in [2.24, 2.45) is 0 Å². The van der Waals surface area contributed by atoms with E-state index in [4.69, 9.17) is 5.73 Å². The molecule has 0 bridgehead atoms. The summed E-state index contributed by atoms with van der Waals surface area (Å²) < 4.78 is 0. The van der Waals surface area contributed by atoms with Crippen molar-refractivity contribution >= 4 is 11.5 Å². The van der Waals surface area contributed by atoms with Crippen molar-refractivity contribution in [1.82, 2.24) is 4.98 Å². The third-order valence-electron chi connectivity index (χ3n) is 3.85. The van der Waals surface area contributed by atoms with E-state index >= 15 is 0 Å². The summed E-state index contributed by atoms with van der Waals surface area (Å²) in [6, 6.07) is 11.2. The third kappa shape index (κ3) is 2.55. The van der Waals surface area contributed by atoms with Crippen molar-refractivity contribution in [3.63, 3.8) is 0 Å². The van der Waals surface area contributed by atoms with Gasteiger partial charge in [-0.2, -0.15) is 0 Å². The van der Waals surface area contributed by atoms with Gasteiger partial charge in [-0.25, -0.2) is 4.98 Å². The number of nitrogens with two attached hydrogens (primary N) is 1. The smallest absolute Gasteiger partial charge is 0.126 e. The summed E-state index contributed by atoms with van der Waals surface area (Å²) in [5.41, 5.74) is 10.6. The maximum absolute atomic E-state index is 5.79. The van der Waals surface area contributed by atoms with Crippen LogP contribution in [-0.4, -0.2) is 11.0 Å². The van der Waals surface area contributed by atoms with Crippen molar-refractivity contribution in [3.05, 3.63) is 53.2 Å². The number of nitrogens with zero attached hydrogens (tertiary/aromatic N) is 1. The fourth-order valence-corrected chi connectivity index (χ4v) is 2.68. The Balaban J connectivity index is 1.73. The maximum Gasteiger partial charge on any atom is 0.126 e. The normalized spacial score (nSPS) is 17.8. The van der Waals surface area contributed by atoms with Gasteiger partial charge in [-0.3, -0.25) is 0 Å². The molecule has 0 aliphatic heterocycles. The summed E-state index contributed by atoms with van der Waals surface area (Å²) in [7, 11) is 0. The van der Waals surface area contributed by atoms with Crippen LogP contribution in [0.1, 0.15) is 23.1 Å². The lowest BCUT2D eigenvalue weighted by Crippen LogP contribution is -2.27. The van der Waals surface area contributed by atoms with Crippen molar-refractivity contribution in [2.75, 3.05) is 11.1 Å². The van der Waals surface area contributed by atoms with Crippen LogP contribution in [0.15, 0.2) is 36.5 Å². The van der Waals surface area contributed by atoms with Gasteiger partial charge in [0.05, 0.1) is 11.9 Å². The molecule has 0 spiro atoms. The van der Waals surface area contributed by atoms with E-state index in [2.05, 4.69) is 34.6 Å². The van der Waals surface area contributed by atoms with Crippen molar-refractivity contribution < 1.29 is 0 Å². The van der Waals surface area contributed by atoms with Gasteiger partial charge in [-0.05, 0) is 48.9 Å². The Morgan fingerprint density at radius 2 is 2.05 bits per heavy atom. The van der Waals surface area contributed by atoms with Crippen molar-refractivity contribution in [1.29, 1.82) is 0 Å². The number of hydrogen-bond donors (Lipinski definition) is 2. The predicted octanol–water partition coefficient (Wildman–Crippen LogP) is 2.94. The molecular weight excluding hydrogens is 234 g/mol. The predicted molar refractivity (Wildman–Crippen MR) is 79.3 cm³/mol. The molecule has 1 heterocycles. The van der Waals surface area contributed by atoms with E-state index in [9.17, 15) is 0 Å². The minimum atomic E-state index is 0.463. The molecule has 3 heteroatoms. The van der Waals surface area contributed by atoms with E-state index < -0.39 is 0 Å². The Hall–Kier alpha value is -2.03. The van der Waals surface area contributed by atoms with E-state index in [1.807, 2.05) is 13.0 Å². The summed E-state index contributed by atoms with van der Waals surface area (Å²) in [6.07, 6.45) is 5.10. The van der Waals surface area contributed by atoms with Gasteiger partial charge in [-0.1, -0.05) is 24.3 Å². The fraction of sp³-hybridized carbons (Fsp3) is 0.312. The summed E-state index contributed by atoms with van der Waals surface area (Å²) in [6.45, 7) is 2.01. The van der Waals surface area contributed by atoms with Gasteiger partial charge in [0.25, 0.3) is 0 Å². The highest BCUT2D eigenvalue weighted by Crippen LogP contribution is 2.23. The van der Waals surface area contributed by atoms with E-state index in [1.54, 1.807) is 6.20 Å². The number of hydrogen-bond acceptors (Lipinski definition) is 3. The highest BCUT2D eigenvalue weighted by atomic mass is 15.0. The first-order valence-corrected chi connectivity index (χ1v) is 6.78. The molecule has 0 amide bonds. The van der Waals surface area contributed by atoms with Crippen LogP contribution in [0.4, 0.5) is 11.5 Å². The Labute approximate surface area is 113 Å². The van der Waals surface area contributed by atoms with Crippen LogP contribution in [-0.2, 0) is 12.8 Å². The molecule has 1 atom stereocenters. The zero-order chi connectivity index (χ0) is 13.2. The number of benzene rings is 1. The number of aryl methyl sites for hydroxylation is 2. The van der Waals surface area contributed by atoms with Gasteiger partial charge in [0.2, 0.25) is 0 Å². The van der Waals surface area contributed by atoms with Gasteiger partial charge in [0, 0.05) is 6.04 Å². The van der Waals surface area contributed by atoms with Gasteiger partial charge < -0.3 is 11.1 Å². The highest BCUT2D eigenvalue weighted by molar-refractivity contribution is 5.51. The van der Waals surface area contributed by atoms with E-state index in [-0.39, 0.29) is 0 Å². The van der Waals surface area contributed by atoms with Crippen molar-refractivity contribution in [2.45, 2.75) is 32.2 Å². The lowest BCUT2D eigenvalue weighted by atomic mass is 9.88. The molecule has 0 fully saturated rings. The number of pyridine rings is 1. The monoisotopic (exact) mass is 253 g/mol. The average Bonchev–Trinajstić information content (AvgIpc) is 2.43. The lowest BCUT2D eigenvalue weighted by Gasteiger charge is -2.26. The molecule has 1 aromatic heterocycles. The van der Waals surface area contributed by atoms with Gasteiger partial charge in [0.1, 0.15) is 5.82 Å². The first kappa shape index (κ1) is 12.0. The summed E-state index contributed by atoms with van der Waals surface area (Å²) in [5.74, 6) is 0.927. The summed E-state index contributed by atoms with van der Waals surface area (Å²) >= 11 is 0. The topological polar surface area (TPSA) is 50.9 Å². The number of nitrogens with one attached hydrogen (secondary N) is 1. The second-order valence-electron chi connectivity index (χ2n) is 5.28. The highest BCUT2D eigenvalue weighted by Gasteiger charge is 2.18. The van der Waals surface area contributed by atoms with Gasteiger partial charge in [-0.15, -0.1) is 0 Å². The average molecular weight is 253 g/mol. The Kier molecular flexibility index (Phi) is 3.11. The lowest BCUT2D eigenvalue weighted by molar-refractivity contribution is 0.609. The van der Waals surface area contributed by atoms with Gasteiger partial charge >= 0.3 is 0 Å². The fourth-order valence-electron chi connectivity index (χ4n) is 2.68. The van der Waals surface area contributed by atoms with Crippen LogP contribution in [0.2, 0.25) is 0 Å².